The van der Waals surface area contributed by atoms with Crippen LogP contribution in [0.4, 0.5) is 5.69 Å². The number of non-ortho nitro benzene ring substituents is 1. The number of ether oxygens (including phenoxy) is 1. The number of para-hydroxylation sites is 1. The molecular formula is C27H18N4O5. The summed E-state index contributed by atoms with van der Waals surface area (Å²) < 4.78 is 8.19. The van der Waals surface area contributed by atoms with Crippen LogP contribution >= 0.6 is 0 Å². The second kappa shape index (κ2) is 8.85. The molecule has 0 bridgehead atoms. The van der Waals surface area contributed by atoms with Crippen LogP contribution < -0.4 is 5.56 Å². The molecule has 0 amide bonds. The van der Waals surface area contributed by atoms with Gasteiger partial charge in [-0.3, -0.25) is 19.5 Å². The number of methoxy groups -OCH3 is 1. The number of hydrogen-bond donors (Lipinski definition) is 0. The lowest BCUT2D eigenvalue weighted by Gasteiger charge is -2.11. The van der Waals surface area contributed by atoms with Gasteiger partial charge in [0.05, 0.1) is 34.1 Å². The lowest BCUT2D eigenvalue weighted by molar-refractivity contribution is -0.384. The Balaban J connectivity index is 1.77. The van der Waals surface area contributed by atoms with E-state index in [0.29, 0.717) is 28.8 Å². The van der Waals surface area contributed by atoms with E-state index < -0.39 is 16.5 Å². The molecule has 5 rings (SSSR count). The van der Waals surface area contributed by atoms with Crippen LogP contribution in [-0.4, -0.2) is 27.1 Å². The van der Waals surface area contributed by atoms with Gasteiger partial charge < -0.3 is 9.30 Å². The third-order valence-electron chi connectivity index (χ3n) is 6.08. The molecule has 0 saturated heterocycles. The molecular weight excluding hydrogens is 460 g/mol. The summed E-state index contributed by atoms with van der Waals surface area (Å²) in [5.74, 6) is -0.427. The van der Waals surface area contributed by atoms with E-state index in [9.17, 15) is 25.0 Å². The number of esters is 1. The van der Waals surface area contributed by atoms with Crippen molar-refractivity contribution in [1.29, 1.82) is 5.26 Å². The molecule has 0 aliphatic heterocycles. The largest absolute Gasteiger partial charge is 0.465 e. The zero-order valence-electron chi connectivity index (χ0n) is 19.0. The fourth-order valence-electron chi connectivity index (χ4n) is 4.37. The molecule has 0 atom stereocenters. The average Bonchev–Trinajstić information content (AvgIpc) is 3.21. The van der Waals surface area contributed by atoms with Gasteiger partial charge >= 0.3 is 5.97 Å². The quantitative estimate of drug-likeness (QED) is 0.207. The number of nitro benzene ring substituents is 1. The van der Waals surface area contributed by atoms with E-state index in [0.717, 1.165) is 16.5 Å². The average molecular weight is 478 g/mol. The van der Waals surface area contributed by atoms with Gasteiger partial charge in [-0.1, -0.05) is 30.3 Å². The van der Waals surface area contributed by atoms with Crippen molar-refractivity contribution in [3.63, 3.8) is 0 Å². The van der Waals surface area contributed by atoms with Crippen molar-refractivity contribution in [3.05, 3.63) is 116 Å². The number of nitrogens with zero attached hydrogens (tertiary/aromatic N) is 4. The van der Waals surface area contributed by atoms with Crippen molar-refractivity contribution in [3.8, 4) is 11.8 Å². The van der Waals surface area contributed by atoms with E-state index in [-0.39, 0.29) is 11.3 Å². The number of carbonyl (C=O) groups excluding carboxylic acids is 1. The minimum absolute atomic E-state index is 0.0500. The Labute approximate surface area is 204 Å². The molecule has 0 unspecified atom stereocenters. The minimum atomic E-state index is -0.510. The van der Waals surface area contributed by atoms with Crippen LogP contribution in [0.5, 0.6) is 0 Å². The van der Waals surface area contributed by atoms with E-state index in [1.807, 2.05) is 47.0 Å². The number of rotatable bonds is 5. The van der Waals surface area contributed by atoms with Gasteiger partial charge in [0, 0.05) is 29.8 Å². The first-order valence-electron chi connectivity index (χ1n) is 10.9. The highest BCUT2D eigenvalue weighted by Gasteiger charge is 2.20. The minimum Gasteiger partial charge on any atom is -0.465 e. The predicted octanol–water partition coefficient (Wildman–Crippen LogP) is 4.56. The van der Waals surface area contributed by atoms with Crippen molar-refractivity contribution < 1.29 is 14.5 Å². The molecule has 0 aliphatic carbocycles. The SMILES string of the molecule is COC(=O)c1ccc(Cn2c3ccccc3c3c2cc(C#N)c(=O)n3-c2ccc([N+](=O)[O-])cc2)cc1. The van der Waals surface area contributed by atoms with Crippen LogP contribution in [-0.2, 0) is 11.3 Å². The first-order chi connectivity index (χ1) is 17.4. The van der Waals surface area contributed by atoms with Crippen molar-refractivity contribution in [1.82, 2.24) is 9.13 Å². The summed E-state index contributed by atoms with van der Waals surface area (Å²) in [7, 11) is 1.32. The highest BCUT2D eigenvalue weighted by molar-refractivity contribution is 6.07. The molecule has 176 valence electrons. The van der Waals surface area contributed by atoms with Gasteiger partial charge in [0.2, 0.25) is 0 Å². The Morgan fingerprint density at radius 1 is 1.03 bits per heavy atom. The van der Waals surface area contributed by atoms with E-state index in [4.69, 9.17) is 4.74 Å². The van der Waals surface area contributed by atoms with Crippen LogP contribution in [0.3, 0.4) is 0 Å². The van der Waals surface area contributed by atoms with Gasteiger partial charge in [-0.05, 0) is 42.0 Å². The number of pyridine rings is 1. The molecule has 0 saturated carbocycles. The van der Waals surface area contributed by atoms with Crippen molar-refractivity contribution in [2.24, 2.45) is 0 Å². The van der Waals surface area contributed by atoms with Crippen LogP contribution in [0.25, 0.3) is 27.6 Å². The van der Waals surface area contributed by atoms with E-state index in [1.54, 1.807) is 18.2 Å². The van der Waals surface area contributed by atoms with Crippen LogP contribution in [0.15, 0.2) is 83.7 Å². The number of benzene rings is 3. The van der Waals surface area contributed by atoms with Gasteiger partial charge in [0.15, 0.2) is 0 Å². The maximum atomic E-state index is 13.3. The Morgan fingerprint density at radius 3 is 2.36 bits per heavy atom. The second-order valence-electron chi connectivity index (χ2n) is 8.11. The van der Waals surface area contributed by atoms with Crippen LogP contribution in [0, 0.1) is 21.4 Å². The summed E-state index contributed by atoms with van der Waals surface area (Å²) in [5.41, 5.74) is 3.18. The molecule has 0 spiro atoms. The number of carbonyl (C=O) groups is 1. The lowest BCUT2D eigenvalue weighted by Crippen LogP contribution is -2.21. The molecule has 3 aromatic carbocycles. The highest BCUT2D eigenvalue weighted by Crippen LogP contribution is 2.31. The summed E-state index contributed by atoms with van der Waals surface area (Å²) in [4.78, 5) is 35.7. The van der Waals surface area contributed by atoms with Gasteiger partial charge in [0.25, 0.3) is 11.2 Å². The van der Waals surface area contributed by atoms with Gasteiger partial charge in [0.1, 0.15) is 11.6 Å². The molecule has 2 heterocycles. The maximum absolute atomic E-state index is 13.3. The zero-order chi connectivity index (χ0) is 25.4. The summed E-state index contributed by atoms with van der Waals surface area (Å²) in [6.07, 6.45) is 0. The number of fused-ring (bicyclic) bond motifs is 3. The molecule has 2 aromatic heterocycles. The Morgan fingerprint density at radius 2 is 1.72 bits per heavy atom. The molecule has 0 N–H and O–H groups in total. The van der Waals surface area contributed by atoms with Gasteiger partial charge in [-0.15, -0.1) is 0 Å². The zero-order valence-corrected chi connectivity index (χ0v) is 19.0. The summed E-state index contributed by atoms with van der Waals surface area (Å²) >= 11 is 0. The summed E-state index contributed by atoms with van der Waals surface area (Å²) in [6.45, 7) is 0.412. The molecule has 0 fully saturated rings. The van der Waals surface area contributed by atoms with E-state index >= 15 is 0 Å². The smallest absolute Gasteiger partial charge is 0.337 e. The topological polar surface area (TPSA) is 120 Å². The summed E-state index contributed by atoms with van der Waals surface area (Å²) in [5, 5.41) is 21.6. The van der Waals surface area contributed by atoms with Crippen molar-refractivity contribution >= 4 is 33.6 Å². The summed E-state index contributed by atoms with van der Waals surface area (Å²) in [6, 6.07) is 23.8. The first kappa shape index (κ1) is 22.6. The van der Waals surface area contributed by atoms with Crippen molar-refractivity contribution in [2.75, 3.05) is 7.11 Å². The van der Waals surface area contributed by atoms with Gasteiger partial charge in [-0.25, -0.2) is 4.79 Å². The standard InChI is InChI=1S/C27H18N4O5/c1-36-27(33)18-8-6-17(7-9-18)16-29-23-5-3-2-4-22(23)25-24(29)14-19(15-28)26(32)30(25)20-10-12-21(13-11-20)31(34)35/h2-14H,16H2,1H3. The normalized spacial score (nSPS) is 10.9. The Hall–Kier alpha value is -5.23. The molecule has 0 aliphatic rings. The monoisotopic (exact) mass is 478 g/mol. The predicted molar refractivity (Wildman–Crippen MR) is 133 cm³/mol. The van der Waals surface area contributed by atoms with E-state index in [2.05, 4.69) is 0 Å². The highest BCUT2D eigenvalue weighted by atomic mass is 16.6. The molecule has 9 heteroatoms. The Bertz CT molecular complexity index is 1760. The lowest BCUT2D eigenvalue weighted by atomic mass is 10.1. The first-order valence-corrected chi connectivity index (χ1v) is 10.9. The van der Waals surface area contributed by atoms with Crippen LogP contribution in [0.1, 0.15) is 21.5 Å². The second-order valence-corrected chi connectivity index (χ2v) is 8.11. The number of nitriles is 1. The molecule has 5 aromatic rings. The third-order valence-corrected chi connectivity index (χ3v) is 6.08. The fraction of sp³-hybridized carbons (Fsp3) is 0.0741. The molecule has 36 heavy (non-hydrogen) atoms. The molecule has 9 nitrogen and oxygen atoms in total. The molecule has 0 radical (unpaired) electrons. The third kappa shape index (κ3) is 3.67. The Kier molecular flexibility index (Phi) is 5.54. The van der Waals surface area contributed by atoms with Crippen LogP contribution in [0.2, 0.25) is 0 Å². The van der Waals surface area contributed by atoms with Gasteiger partial charge in [-0.2, -0.15) is 5.26 Å². The van der Waals surface area contributed by atoms with E-state index in [1.165, 1.54) is 35.9 Å². The number of aromatic nitrogens is 2. The number of nitro groups is 1. The van der Waals surface area contributed by atoms with Crippen molar-refractivity contribution in [2.45, 2.75) is 6.54 Å². The maximum Gasteiger partial charge on any atom is 0.337 e. The number of hydrogen-bond acceptors (Lipinski definition) is 6. The fourth-order valence-corrected chi connectivity index (χ4v) is 4.37.